The highest BCUT2D eigenvalue weighted by molar-refractivity contribution is 7.80. The van der Waals surface area contributed by atoms with E-state index in [0.29, 0.717) is 5.56 Å². The van der Waals surface area contributed by atoms with Crippen LogP contribution in [0, 0.1) is 0 Å². The Balaban J connectivity index is 2.74. The molecule has 0 saturated heterocycles. The maximum atomic E-state index is 12.1. The lowest BCUT2D eigenvalue weighted by molar-refractivity contribution is -0.142. The fourth-order valence-electron chi connectivity index (χ4n) is 1.79. The van der Waals surface area contributed by atoms with Crippen molar-refractivity contribution in [1.29, 1.82) is 0 Å². The number of carboxylic acids is 1. The van der Waals surface area contributed by atoms with Crippen LogP contribution < -0.4 is 16.4 Å². The predicted molar refractivity (Wildman–Crippen MR) is 86.2 cm³/mol. The third-order valence-corrected chi connectivity index (χ3v) is 3.38. The normalized spacial score (nSPS) is 13.0. The summed E-state index contributed by atoms with van der Waals surface area (Å²) in [6.45, 7) is -0.284. The summed E-state index contributed by atoms with van der Waals surface area (Å²) in [4.78, 5) is 34.6. The first-order valence-corrected chi connectivity index (χ1v) is 7.42. The van der Waals surface area contributed by atoms with Crippen LogP contribution in [0.1, 0.15) is 5.56 Å². The molecule has 0 spiro atoms. The van der Waals surface area contributed by atoms with Gasteiger partial charge in [-0.2, -0.15) is 12.6 Å². The van der Waals surface area contributed by atoms with Gasteiger partial charge in [0.2, 0.25) is 11.8 Å². The van der Waals surface area contributed by atoms with E-state index in [1.165, 1.54) is 12.1 Å². The number of carboxylic acid groups (broad SMARTS) is 1. The summed E-state index contributed by atoms with van der Waals surface area (Å²) in [5, 5.41) is 23.2. The Bertz CT molecular complexity index is 564. The largest absolute Gasteiger partial charge is 0.508 e. The van der Waals surface area contributed by atoms with Gasteiger partial charge in [-0.3, -0.25) is 9.59 Å². The summed E-state index contributed by atoms with van der Waals surface area (Å²) < 4.78 is 0. The third kappa shape index (κ3) is 6.17. The third-order valence-electron chi connectivity index (χ3n) is 3.01. The van der Waals surface area contributed by atoms with Gasteiger partial charge >= 0.3 is 5.97 Å². The smallest absolute Gasteiger partial charge is 0.326 e. The number of benzene rings is 1. The van der Waals surface area contributed by atoms with Crippen LogP contribution in [0.15, 0.2) is 24.3 Å². The number of amides is 2. The van der Waals surface area contributed by atoms with E-state index in [1.807, 2.05) is 0 Å². The van der Waals surface area contributed by atoms with Crippen molar-refractivity contribution in [2.45, 2.75) is 18.5 Å². The minimum absolute atomic E-state index is 0.00310. The summed E-state index contributed by atoms with van der Waals surface area (Å²) >= 11 is 3.96. The van der Waals surface area contributed by atoms with E-state index in [4.69, 9.17) is 5.73 Å². The van der Waals surface area contributed by atoms with Gasteiger partial charge in [-0.05, 0) is 17.7 Å². The Labute approximate surface area is 138 Å². The number of aliphatic carboxylic acids is 1. The molecule has 0 aromatic heterocycles. The molecule has 8 nitrogen and oxygen atoms in total. The van der Waals surface area contributed by atoms with Crippen LogP contribution in [0.25, 0.3) is 0 Å². The Morgan fingerprint density at radius 2 is 1.74 bits per heavy atom. The van der Waals surface area contributed by atoms with Gasteiger partial charge in [0.05, 0.1) is 6.54 Å². The van der Waals surface area contributed by atoms with Crippen molar-refractivity contribution in [3.05, 3.63) is 29.8 Å². The molecule has 6 N–H and O–H groups in total. The first-order valence-electron chi connectivity index (χ1n) is 6.78. The molecule has 0 saturated carbocycles. The molecule has 1 aromatic carbocycles. The van der Waals surface area contributed by atoms with E-state index in [0.717, 1.165) is 0 Å². The Kier molecular flexibility index (Phi) is 7.36. The Hall–Kier alpha value is -2.26. The maximum Gasteiger partial charge on any atom is 0.326 e. The average Bonchev–Trinajstić information content (AvgIpc) is 2.53. The minimum Gasteiger partial charge on any atom is -0.508 e. The van der Waals surface area contributed by atoms with Crippen LogP contribution in [0.4, 0.5) is 0 Å². The topological polar surface area (TPSA) is 142 Å². The van der Waals surface area contributed by atoms with Crippen molar-refractivity contribution < 1.29 is 24.6 Å². The number of carbonyl (C=O) groups is 3. The lowest BCUT2D eigenvalue weighted by atomic mass is 10.1. The molecule has 2 unspecified atom stereocenters. The number of hydrogen-bond donors (Lipinski definition) is 6. The van der Waals surface area contributed by atoms with E-state index in [1.54, 1.807) is 12.1 Å². The molecule has 1 rings (SSSR count). The van der Waals surface area contributed by atoms with Crippen LogP contribution in [-0.4, -0.2) is 52.4 Å². The van der Waals surface area contributed by atoms with Gasteiger partial charge in [0.15, 0.2) is 0 Å². The van der Waals surface area contributed by atoms with Crippen LogP contribution in [0.2, 0.25) is 0 Å². The number of phenolic OH excluding ortho intramolecular Hbond substituents is 1. The van der Waals surface area contributed by atoms with Crippen molar-refractivity contribution in [1.82, 2.24) is 10.6 Å². The molecule has 23 heavy (non-hydrogen) atoms. The zero-order valence-electron chi connectivity index (χ0n) is 12.2. The summed E-state index contributed by atoms with van der Waals surface area (Å²) in [5.74, 6) is -2.35. The summed E-state index contributed by atoms with van der Waals surface area (Å²) in [5.41, 5.74) is 5.78. The molecule has 2 amide bonds. The second-order valence-electron chi connectivity index (χ2n) is 4.78. The van der Waals surface area contributed by atoms with Gasteiger partial charge in [0, 0.05) is 12.2 Å². The average molecular weight is 341 g/mol. The van der Waals surface area contributed by atoms with Crippen LogP contribution >= 0.6 is 12.6 Å². The van der Waals surface area contributed by atoms with Gasteiger partial charge in [-0.1, -0.05) is 12.1 Å². The molecule has 0 bridgehead atoms. The quantitative estimate of drug-likeness (QED) is 0.331. The highest BCUT2D eigenvalue weighted by atomic mass is 32.1. The van der Waals surface area contributed by atoms with Gasteiger partial charge in [-0.25, -0.2) is 4.79 Å². The molecular formula is C14H19N3O5S. The van der Waals surface area contributed by atoms with E-state index in [2.05, 4.69) is 23.3 Å². The van der Waals surface area contributed by atoms with Crippen molar-refractivity contribution in [3.8, 4) is 5.75 Å². The van der Waals surface area contributed by atoms with Gasteiger partial charge in [0.1, 0.15) is 17.8 Å². The zero-order chi connectivity index (χ0) is 17.4. The Morgan fingerprint density at radius 3 is 2.22 bits per heavy atom. The van der Waals surface area contributed by atoms with Crippen LogP contribution in [0.5, 0.6) is 5.75 Å². The van der Waals surface area contributed by atoms with Crippen molar-refractivity contribution >= 4 is 30.4 Å². The predicted octanol–water partition coefficient (Wildman–Crippen LogP) is -1.12. The molecule has 2 atom stereocenters. The van der Waals surface area contributed by atoms with E-state index < -0.39 is 29.9 Å². The fourth-order valence-corrected chi connectivity index (χ4v) is 2.04. The number of hydrogen-bond acceptors (Lipinski definition) is 6. The molecule has 0 fully saturated rings. The minimum atomic E-state index is -1.21. The molecule has 1 aromatic rings. The van der Waals surface area contributed by atoms with E-state index in [-0.39, 0.29) is 24.5 Å². The number of nitrogens with one attached hydrogen (secondary N) is 2. The first kappa shape index (κ1) is 18.8. The van der Waals surface area contributed by atoms with E-state index in [9.17, 15) is 24.6 Å². The van der Waals surface area contributed by atoms with Crippen molar-refractivity contribution in [2.24, 2.45) is 5.73 Å². The SMILES string of the molecule is NCC(=O)NC(CS)C(=O)NC(Cc1ccc(O)cc1)C(=O)O. The lowest BCUT2D eigenvalue weighted by Gasteiger charge is -2.20. The molecule has 0 aliphatic carbocycles. The molecule has 9 heteroatoms. The molecule has 126 valence electrons. The molecule has 0 aliphatic rings. The molecule has 0 heterocycles. The van der Waals surface area contributed by atoms with Crippen LogP contribution in [0.3, 0.4) is 0 Å². The number of rotatable bonds is 8. The number of aromatic hydroxyl groups is 1. The second-order valence-corrected chi connectivity index (χ2v) is 5.14. The molecular weight excluding hydrogens is 322 g/mol. The van der Waals surface area contributed by atoms with Gasteiger partial charge in [0.25, 0.3) is 0 Å². The number of nitrogens with two attached hydrogens (primary N) is 1. The van der Waals surface area contributed by atoms with Crippen molar-refractivity contribution in [2.75, 3.05) is 12.3 Å². The molecule has 0 radical (unpaired) electrons. The lowest BCUT2D eigenvalue weighted by Crippen LogP contribution is -2.53. The second kappa shape index (κ2) is 9.01. The highest BCUT2D eigenvalue weighted by Gasteiger charge is 2.25. The zero-order valence-corrected chi connectivity index (χ0v) is 13.1. The summed E-state index contributed by atoms with van der Waals surface area (Å²) in [7, 11) is 0. The van der Waals surface area contributed by atoms with Gasteiger partial charge in [-0.15, -0.1) is 0 Å². The van der Waals surface area contributed by atoms with Crippen molar-refractivity contribution in [3.63, 3.8) is 0 Å². The number of thiol groups is 1. The summed E-state index contributed by atoms with van der Waals surface area (Å²) in [6.07, 6.45) is 0.0332. The standard InChI is InChI=1S/C14H19N3O5S/c15-6-12(19)16-11(7-23)13(20)17-10(14(21)22)5-8-1-3-9(18)4-2-8/h1-4,10-11,18,23H,5-7,15H2,(H,16,19)(H,17,20)(H,21,22). The Morgan fingerprint density at radius 1 is 1.13 bits per heavy atom. The number of phenols is 1. The summed E-state index contributed by atoms with van der Waals surface area (Å²) in [6, 6.07) is 3.82. The van der Waals surface area contributed by atoms with E-state index >= 15 is 0 Å². The fraction of sp³-hybridized carbons (Fsp3) is 0.357. The monoisotopic (exact) mass is 341 g/mol. The maximum absolute atomic E-state index is 12.1. The highest BCUT2D eigenvalue weighted by Crippen LogP contribution is 2.11. The van der Waals surface area contributed by atoms with Gasteiger partial charge < -0.3 is 26.6 Å². The number of carbonyl (C=O) groups excluding carboxylic acids is 2. The molecule has 0 aliphatic heterocycles. The van der Waals surface area contributed by atoms with Crippen LogP contribution in [-0.2, 0) is 20.8 Å². The first-order chi connectivity index (χ1) is 10.9.